The maximum absolute atomic E-state index is 12.3. The van der Waals surface area contributed by atoms with Gasteiger partial charge in [-0.15, -0.1) is 0 Å². The number of carbonyl (C=O) groups excluding carboxylic acids is 3. The van der Waals surface area contributed by atoms with Crippen LogP contribution < -0.4 is 5.32 Å². The fourth-order valence-corrected chi connectivity index (χ4v) is 2.84. The second-order valence-corrected chi connectivity index (χ2v) is 6.49. The summed E-state index contributed by atoms with van der Waals surface area (Å²) >= 11 is 0. The molecule has 1 aromatic heterocycles. The second kappa shape index (κ2) is 8.04. The quantitative estimate of drug-likeness (QED) is 0.525. The number of carbonyl (C=O) groups is 3. The number of imidazole rings is 1. The fraction of sp³-hybridized carbons (Fsp3) is 0.238. The van der Waals surface area contributed by atoms with Gasteiger partial charge in [0.25, 0.3) is 5.91 Å². The van der Waals surface area contributed by atoms with Crippen LogP contribution >= 0.6 is 0 Å². The molecule has 7 nitrogen and oxygen atoms in total. The number of Topliss-reactive ketones (excluding diaryl/α,β-unsaturated/α-hetero) is 1. The van der Waals surface area contributed by atoms with Crippen molar-refractivity contribution in [2.45, 2.75) is 33.4 Å². The van der Waals surface area contributed by atoms with Crippen LogP contribution in [-0.2, 0) is 20.9 Å². The molecule has 144 valence electrons. The summed E-state index contributed by atoms with van der Waals surface area (Å²) < 4.78 is 7.02. The zero-order valence-electron chi connectivity index (χ0n) is 15.9. The molecule has 0 aliphatic rings. The topological polar surface area (TPSA) is 90.3 Å². The zero-order chi connectivity index (χ0) is 20.3. The number of amides is 1. The van der Waals surface area contributed by atoms with E-state index >= 15 is 0 Å². The predicted molar refractivity (Wildman–Crippen MR) is 105 cm³/mol. The molecule has 3 rings (SSSR count). The summed E-state index contributed by atoms with van der Waals surface area (Å²) in [5, 5.41) is 2.67. The van der Waals surface area contributed by atoms with Crippen molar-refractivity contribution in [2.75, 3.05) is 5.32 Å². The molecule has 1 unspecified atom stereocenters. The van der Waals surface area contributed by atoms with E-state index in [4.69, 9.17) is 4.74 Å². The number of rotatable bonds is 6. The molecule has 0 saturated heterocycles. The lowest BCUT2D eigenvalue weighted by atomic mass is 10.1. The van der Waals surface area contributed by atoms with Crippen LogP contribution in [-0.4, -0.2) is 33.3 Å². The molecule has 7 heteroatoms. The lowest BCUT2D eigenvalue weighted by molar-refractivity contribution is -0.153. The lowest BCUT2D eigenvalue weighted by Crippen LogP contribution is -2.31. The van der Waals surface area contributed by atoms with E-state index < -0.39 is 18.0 Å². The molecule has 0 spiro atoms. The number of aryl methyl sites for hydroxylation is 1. The van der Waals surface area contributed by atoms with Crippen molar-refractivity contribution in [3.8, 4) is 0 Å². The second-order valence-electron chi connectivity index (χ2n) is 6.49. The van der Waals surface area contributed by atoms with Gasteiger partial charge in [-0.2, -0.15) is 0 Å². The standard InChI is InChI=1S/C21H21N3O4/c1-13(25)16-8-10-17(11-9-16)23-21(27)14(2)28-20(26)12-24-15(3)22-18-6-4-5-7-19(18)24/h4-11,14H,12H2,1-3H3,(H,23,27). The number of nitrogens with zero attached hydrogens (tertiary/aromatic N) is 2. The summed E-state index contributed by atoms with van der Waals surface area (Å²) in [6, 6.07) is 14.0. The maximum atomic E-state index is 12.3. The van der Waals surface area contributed by atoms with Crippen LogP contribution in [0.1, 0.15) is 30.0 Å². The van der Waals surface area contributed by atoms with Crippen molar-refractivity contribution in [1.82, 2.24) is 9.55 Å². The first kappa shape index (κ1) is 19.3. The van der Waals surface area contributed by atoms with Gasteiger partial charge in [0.1, 0.15) is 12.4 Å². The van der Waals surface area contributed by atoms with Crippen LogP contribution in [0.2, 0.25) is 0 Å². The molecule has 0 radical (unpaired) electrons. The molecule has 0 bridgehead atoms. The van der Waals surface area contributed by atoms with Crippen molar-refractivity contribution in [2.24, 2.45) is 0 Å². The van der Waals surface area contributed by atoms with Crippen molar-refractivity contribution in [3.63, 3.8) is 0 Å². The SMILES string of the molecule is CC(=O)c1ccc(NC(=O)C(C)OC(=O)Cn2c(C)nc3ccccc32)cc1. The highest BCUT2D eigenvalue weighted by molar-refractivity contribution is 5.97. The average molecular weight is 379 g/mol. The van der Waals surface area contributed by atoms with E-state index in [1.54, 1.807) is 28.8 Å². The highest BCUT2D eigenvalue weighted by atomic mass is 16.5. The van der Waals surface area contributed by atoms with Gasteiger partial charge in [0, 0.05) is 11.3 Å². The van der Waals surface area contributed by atoms with Crippen molar-refractivity contribution in [3.05, 3.63) is 59.9 Å². The Morgan fingerprint density at radius 1 is 1.11 bits per heavy atom. The molecule has 1 N–H and O–H groups in total. The molecule has 28 heavy (non-hydrogen) atoms. The van der Waals surface area contributed by atoms with Gasteiger partial charge in [-0.05, 0) is 57.2 Å². The van der Waals surface area contributed by atoms with Gasteiger partial charge in [0.05, 0.1) is 11.0 Å². The van der Waals surface area contributed by atoms with Crippen LogP contribution in [0.15, 0.2) is 48.5 Å². The number of aromatic nitrogens is 2. The van der Waals surface area contributed by atoms with E-state index in [2.05, 4.69) is 10.3 Å². The third-order valence-corrected chi connectivity index (χ3v) is 4.37. The van der Waals surface area contributed by atoms with E-state index in [1.165, 1.54) is 13.8 Å². The highest BCUT2D eigenvalue weighted by Crippen LogP contribution is 2.16. The average Bonchev–Trinajstić information content (AvgIpc) is 2.97. The van der Waals surface area contributed by atoms with Crippen LogP contribution in [0.4, 0.5) is 5.69 Å². The fourth-order valence-electron chi connectivity index (χ4n) is 2.84. The summed E-state index contributed by atoms with van der Waals surface area (Å²) in [6.07, 6.45) is -0.963. The molecule has 3 aromatic rings. The van der Waals surface area contributed by atoms with Gasteiger partial charge in [0.2, 0.25) is 0 Å². The Morgan fingerprint density at radius 2 is 1.79 bits per heavy atom. The lowest BCUT2D eigenvalue weighted by Gasteiger charge is -2.14. The molecule has 0 saturated carbocycles. The number of ether oxygens (including phenoxy) is 1. The number of hydrogen-bond acceptors (Lipinski definition) is 5. The Morgan fingerprint density at radius 3 is 2.46 bits per heavy atom. The summed E-state index contributed by atoms with van der Waals surface area (Å²) in [4.78, 5) is 40.3. The van der Waals surface area contributed by atoms with Crippen LogP contribution in [0.5, 0.6) is 0 Å². The summed E-state index contributed by atoms with van der Waals surface area (Å²) in [5.41, 5.74) is 2.71. The number of nitrogens with one attached hydrogen (secondary N) is 1. The van der Waals surface area contributed by atoms with Gasteiger partial charge in [-0.1, -0.05) is 12.1 Å². The van der Waals surface area contributed by atoms with E-state index in [9.17, 15) is 14.4 Å². The molecule has 0 aliphatic carbocycles. The van der Waals surface area contributed by atoms with Gasteiger partial charge in [-0.25, -0.2) is 4.98 Å². The summed E-state index contributed by atoms with van der Waals surface area (Å²) in [6.45, 7) is 4.77. The number of fused-ring (bicyclic) bond motifs is 1. The van der Waals surface area contributed by atoms with Gasteiger partial charge in [0.15, 0.2) is 11.9 Å². The molecule has 1 atom stereocenters. The number of anilines is 1. The Hall–Kier alpha value is -3.48. The molecule has 0 fully saturated rings. The number of esters is 1. The Bertz CT molecular complexity index is 1040. The molecule has 2 aromatic carbocycles. The smallest absolute Gasteiger partial charge is 0.326 e. The van der Waals surface area contributed by atoms with Crippen LogP contribution in [0.3, 0.4) is 0 Å². The van der Waals surface area contributed by atoms with E-state index in [1.807, 2.05) is 31.2 Å². The minimum atomic E-state index is -0.963. The Kier molecular flexibility index (Phi) is 5.54. The van der Waals surface area contributed by atoms with Crippen LogP contribution in [0, 0.1) is 6.92 Å². The first-order chi connectivity index (χ1) is 13.3. The van der Waals surface area contributed by atoms with Gasteiger partial charge >= 0.3 is 5.97 Å². The highest BCUT2D eigenvalue weighted by Gasteiger charge is 2.19. The normalized spacial score (nSPS) is 11.8. The third-order valence-electron chi connectivity index (χ3n) is 4.37. The zero-order valence-corrected chi connectivity index (χ0v) is 15.9. The molecule has 1 heterocycles. The van der Waals surface area contributed by atoms with Gasteiger partial charge < -0.3 is 14.6 Å². The van der Waals surface area contributed by atoms with E-state index in [0.717, 1.165) is 11.0 Å². The minimum absolute atomic E-state index is 0.0305. The number of ketones is 1. The molecular weight excluding hydrogens is 358 g/mol. The molecule has 1 amide bonds. The first-order valence-electron chi connectivity index (χ1n) is 8.88. The maximum Gasteiger partial charge on any atom is 0.326 e. The van der Waals surface area contributed by atoms with E-state index in [-0.39, 0.29) is 12.3 Å². The van der Waals surface area contributed by atoms with Crippen LogP contribution in [0.25, 0.3) is 11.0 Å². The molecule has 0 aliphatic heterocycles. The summed E-state index contributed by atoms with van der Waals surface area (Å²) in [5.74, 6) is -0.333. The Labute approximate surface area is 162 Å². The Balaban J connectivity index is 1.61. The van der Waals surface area contributed by atoms with Gasteiger partial charge in [-0.3, -0.25) is 14.4 Å². The summed E-state index contributed by atoms with van der Waals surface area (Å²) in [7, 11) is 0. The third kappa shape index (κ3) is 4.25. The van der Waals surface area contributed by atoms with Crippen molar-refractivity contribution < 1.29 is 19.1 Å². The predicted octanol–water partition coefficient (Wildman–Crippen LogP) is 3.12. The number of hydrogen-bond donors (Lipinski definition) is 1. The largest absolute Gasteiger partial charge is 0.451 e. The monoisotopic (exact) mass is 379 g/mol. The van der Waals surface area contributed by atoms with E-state index in [0.29, 0.717) is 17.1 Å². The molecular formula is C21H21N3O4. The van der Waals surface area contributed by atoms with Crippen molar-refractivity contribution in [1.29, 1.82) is 0 Å². The minimum Gasteiger partial charge on any atom is -0.451 e. The van der Waals surface area contributed by atoms with Crippen molar-refractivity contribution >= 4 is 34.4 Å². The number of benzene rings is 2. The first-order valence-corrected chi connectivity index (χ1v) is 8.88. The number of para-hydroxylation sites is 2.